The van der Waals surface area contributed by atoms with Crippen LogP contribution < -0.4 is 0 Å². The molecule has 1 aliphatic heterocycles. The Bertz CT molecular complexity index is 663. The third-order valence-corrected chi connectivity index (χ3v) is 4.30. The number of aryl methyl sites for hydroxylation is 4. The van der Waals surface area contributed by atoms with Gasteiger partial charge in [0.1, 0.15) is 0 Å². The zero-order chi connectivity index (χ0) is 16.2. The Morgan fingerprint density at radius 1 is 1.43 bits per heavy atom. The van der Waals surface area contributed by atoms with Crippen LogP contribution in [0.3, 0.4) is 0 Å². The molecular weight excluding hydrogens is 294 g/mol. The van der Waals surface area contributed by atoms with Crippen LogP contribution >= 0.6 is 0 Å². The van der Waals surface area contributed by atoms with E-state index in [2.05, 4.69) is 15.2 Å². The zero-order valence-electron chi connectivity index (χ0n) is 13.7. The van der Waals surface area contributed by atoms with Gasteiger partial charge in [-0.15, -0.1) is 0 Å². The van der Waals surface area contributed by atoms with Crippen LogP contribution in [-0.4, -0.2) is 43.8 Å². The molecule has 3 heterocycles. The van der Waals surface area contributed by atoms with Crippen molar-refractivity contribution in [1.82, 2.24) is 24.8 Å². The Hall–Kier alpha value is -2.18. The van der Waals surface area contributed by atoms with Crippen molar-refractivity contribution >= 4 is 5.91 Å². The van der Waals surface area contributed by atoms with Crippen LogP contribution in [-0.2, 0) is 17.8 Å². The largest absolute Gasteiger partial charge is 0.342 e. The molecule has 2 aromatic heterocycles. The normalized spacial score (nSPS) is 17.8. The quantitative estimate of drug-likeness (QED) is 0.811. The second kappa shape index (κ2) is 6.93. The summed E-state index contributed by atoms with van der Waals surface area (Å²) in [7, 11) is 0. The van der Waals surface area contributed by atoms with Crippen molar-refractivity contribution in [2.45, 2.75) is 46.1 Å². The molecule has 1 amide bonds. The minimum Gasteiger partial charge on any atom is -0.342 e. The average molecular weight is 317 g/mol. The lowest BCUT2D eigenvalue weighted by Crippen LogP contribution is -2.29. The summed E-state index contributed by atoms with van der Waals surface area (Å²) in [5, 5.41) is 8.14. The molecule has 7 nitrogen and oxygen atoms in total. The number of hydrogen-bond donors (Lipinski definition) is 0. The number of nitrogens with zero attached hydrogens (tertiary/aromatic N) is 5. The molecule has 0 radical (unpaired) electrons. The van der Waals surface area contributed by atoms with E-state index in [1.807, 2.05) is 28.9 Å². The number of carbonyl (C=O) groups is 1. The summed E-state index contributed by atoms with van der Waals surface area (Å²) < 4.78 is 6.81. The Balaban J connectivity index is 1.40. The van der Waals surface area contributed by atoms with Gasteiger partial charge in [0, 0.05) is 45.6 Å². The monoisotopic (exact) mass is 317 g/mol. The third-order valence-electron chi connectivity index (χ3n) is 4.30. The molecular formula is C16H23N5O2. The predicted octanol–water partition coefficient (Wildman–Crippen LogP) is 1.75. The molecule has 23 heavy (non-hydrogen) atoms. The number of hydrogen-bond acceptors (Lipinski definition) is 5. The Morgan fingerprint density at radius 2 is 2.30 bits per heavy atom. The summed E-state index contributed by atoms with van der Waals surface area (Å²) in [6.45, 7) is 6.14. The highest BCUT2D eigenvalue weighted by Gasteiger charge is 2.26. The smallest absolute Gasteiger partial charge is 0.224 e. The minimum absolute atomic E-state index is 0.219. The highest BCUT2D eigenvalue weighted by molar-refractivity contribution is 5.76. The summed E-state index contributed by atoms with van der Waals surface area (Å²) in [4.78, 5) is 18.5. The maximum absolute atomic E-state index is 12.3. The van der Waals surface area contributed by atoms with E-state index < -0.39 is 0 Å². The summed E-state index contributed by atoms with van der Waals surface area (Å²) in [5.41, 5.74) is 1.12. The van der Waals surface area contributed by atoms with E-state index in [1.165, 1.54) is 0 Å². The van der Waals surface area contributed by atoms with Gasteiger partial charge in [0.2, 0.25) is 11.8 Å². The fourth-order valence-corrected chi connectivity index (χ4v) is 3.03. The first-order chi connectivity index (χ1) is 11.1. The van der Waals surface area contributed by atoms with Crippen LogP contribution in [0.2, 0.25) is 0 Å². The SMILES string of the molecule is Cc1cnn(CCC(=O)N2CCC(CCc3noc(C)n3)C2)c1. The second-order valence-electron chi connectivity index (χ2n) is 6.29. The molecule has 0 bridgehead atoms. The lowest BCUT2D eigenvalue weighted by molar-refractivity contribution is -0.130. The predicted molar refractivity (Wildman–Crippen MR) is 83.6 cm³/mol. The van der Waals surface area contributed by atoms with Gasteiger partial charge in [0.15, 0.2) is 5.82 Å². The number of amides is 1. The highest BCUT2D eigenvalue weighted by atomic mass is 16.5. The van der Waals surface area contributed by atoms with Crippen molar-refractivity contribution < 1.29 is 9.32 Å². The van der Waals surface area contributed by atoms with Gasteiger partial charge in [0.25, 0.3) is 0 Å². The average Bonchev–Trinajstić information content (AvgIpc) is 3.24. The summed E-state index contributed by atoms with van der Waals surface area (Å²) in [6, 6.07) is 0. The van der Waals surface area contributed by atoms with Gasteiger partial charge in [-0.1, -0.05) is 5.16 Å². The molecule has 1 fully saturated rings. The van der Waals surface area contributed by atoms with Crippen LogP contribution in [0.1, 0.15) is 36.5 Å². The zero-order valence-corrected chi connectivity index (χ0v) is 13.7. The van der Waals surface area contributed by atoms with E-state index in [1.54, 1.807) is 6.92 Å². The lowest BCUT2D eigenvalue weighted by Gasteiger charge is -2.16. The molecule has 1 atom stereocenters. The van der Waals surface area contributed by atoms with Crippen molar-refractivity contribution in [3.05, 3.63) is 29.7 Å². The van der Waals surface area contributed by atoms with Gasteiger partial charge in [-0.3, -0.25) is 9.48 Å². The molecule has 1 saturated heterocycles. The van der Waals surface area contributed by atoms with Crippen LogP contribution in [0.4, 0.5) is 0 Å². The first-order valence-electron chi connectivity index (χ1n) is 8.16. The van der Waals surface area contributed by atoms with Gasteiger partial charge in [-0.25, -0.2) is 0 Å². The van der Waals surface area contributed by atoms with Gasteiger partial charge >= 0.3 is 0 Å². The fourth-order valence-electron chi connectivity index (χ4n) is 3.03. The van der Waals surface area contributed by atoms with Crippen molar-refractivity contribution in [2.75, 3.05) is 13.1 Å². The van der Waals surface area contributed by atoms with E-state index in [9.17, 15) is 4.79 Å². The molecule has 1 aliphatic rings. The van der Waals surface area contributed by atoms with Crippen molar-refractivity contribution in [3.8, 4) is 0 Å². The van der Waals surface area contributed by atoms with Crippen molar-refractivity contribution in [3.63, 3.8) is 0 Å². The second-order valence-corrected chi connectivity index (χ2v) is 6.29. The topological polar surface area (TPSA) is 77.0 Å². The maximum atomic E-state index is 12.3. The molecule has 0 saturated carbocycles. The minimum atomic E-state index is 0.219. The van der Waals surface area contributed by atoms with Gasteiger partial charge in [-0.05, 0) is 31.2 Å². The van der Waals surface area contributed by atoms with Gasteiger partial charge in [-0.2, -0.15) is 10.1 Å². The molecule has 124 valence electrons. The van der Waals surface area contributed by atoms with Crippen LogP contribution in [0.5, 0.6) is 0 Å². The number of carbonyl (C=O) groups excluding carboxylic acids is 1. The first-order valence-corrected chi connectivity index (χ1v) is 8.16. The van der Waals surface area contributed by atoms with Crippen LogP contribution in [0.25, 0.3) is 0 Å². The molecule has 7 heteroatoms. The van der Waals surface area contributed by atoms with Crippen LogP contribution in [0.15, 0.2) is 16.9 Å². The molecule has 3 rings (SSSR count). The highest BCUT2D eigenvalue weighted by Crippen LogP contribution is 2.21. The number of likely N-dealkylation sites (tertiary alicyclic amines) is 1. The van der Waals surface area contributed by atoms with E-state index in [0.717, 1.165) is 43.7 Å². The van der Waals surface area contributed by atoms with E-state index in [-0.39, 0.29) is 5.91 Å². The van der Waals surface area contributed by atoms with Gasteiger partial charge < -0.3 is 9.42 Å². The third kappa shape index (κ3) is 4.18. The Morgan fingerprint density at radius 3 is 3.00 bits per heavy atom. The lowest BCUT2D eigenvalue weighted by atomic mass is 10.0. The van der Waals surface area contributed by atoms with Crippen molar-refractivity contribution in [1.29, 1.82) is 0 Å². The van der Waals surface area contributed by atoms with Crippen molar-refractivity contribution in [2.24, 2.45) is 5.92 Å². The van der Waals surface area contributed by atoms with Gasteiger partial charge in [0.05, 0.1) is 6.20 Å². The summed E-state index contributed by atoms with van der Waals surface area (Å²) in [6.07, 6.45) is 7.17. The summed E-state index contributed by atoms with van der Waals surface area (Å²) >= 11 is 0. The molecule has 0 aliphatic carbocycles. The Kier molecular flexibility index (Phi) is 4.73. The van der Waals surface area contributed by atoms with Crippen LogP contribution in [0, 0.1) is 19.8 Å². The summed E-state index contributed by atoms with van der Waals surface area (Å²) in [5.74, 6) is 2.12. The molecule has 1 unspecified atom stereocenters. The molecule has 0 N–H and O–H groups in total. The number of aromatic nitrogens is 4. The first kappa shape index (κ1) is 15.7. The molecule has 2 aromatic rings. The van der Waals surface area contributed by atoms with E-state index in [0.29, 0.717) is 24.8 Å². The maximum Gasteiger partial charge on any atom is 0.224 e. The van der Waals surface area contributed by atoms with E-state index >= 15 is 0 Å². The molecule has 0 spiro atoms. The number of rotatable bonds is 6. The Labute approximate surface area is 135 Å². The fraction of sp³-hybridized carbons (Fsp3) is 0.625. The van der Waals surface area contributed by atoms with E-state index in [4.69, 9.17) is 4.52 Å². The standard InChI is InChI=1S/C16H23N5O2/c1-12-9-17-21(10-12)8-6-16(22)20-7-5-14(11-20)3-4-15-18-13(2)23-19-15/h9-10,14H,3-8,11H2,1-2H3. The molecule has 0 aromatic carbocycles.